The van der Waals surface area contributed by atoms with Crippen LogP contribution in [0.1, 0.15) is 26.3 Å². The van der Waals surface area contributed by atoms with Crippen molar-refractivity contribution in [1.82, 2.24) is 10.6 Å². The van der Waals surface area contributed by atoms with Gasteiger partial charge in [0, 0.05) is 23.5 Å². The molecule has 0 aliphatic rings. The minimum atomic E-state index is 0.173. The predicted molar refractivity (Wildman–Crippen MR) is 77.8 cm³/mol. The normalized spacial score (nSPS) is 11.8. The first-order valence-electron chi connectivity index (χ1n) is 6.19. The van der Waals surface area contributed by atoms with Gasteiger partial charge in [-0.15, -0.1) is 11.8 Å². The third kappa shape index (κ3) is 4.70. The third-order valence-corrected chi connectivity index (χ3v) is 3.71. The number of hydrogen-bond donors (Lipinski definition) is 2. The van der Waals surface area contributed by atoms with Crippen LogP contribution in [0.3, 0.4) is 0 Å². The second kappa shape index (κ2) is 7.04. The molecule has 0 aromatic heterocycles. The average molecular weight is 252 g/mol. The fourth-order valence-corrected chi connectivity index (χ4v) is 2.43. The molecule has 0 atom stereocenters. The summed E-state index contributed by atoms with van der Waals surface area (Å²) in [6.45, 7) is 8.57. The van der Waals surface area contributed by atoms with Crippen molar-refractivity contribution in [2.24, 2.45) is 0 Å². The maximum Gasteiger partial charge on any atom is 0.0452 e. The molecule has 0 aliphatic heterocycles. The van der Waals surface area contributed by atoms with E-state index in [0.717, 1.165) is 19.0 Å². The van der Waals surface area contributed by atoms with Crippen molar-refractivity contribution in [3.8, 4) is 0 Å². The lowest BCUT2D eigenvalue weighted by Gasteiger charge is -2.26. The molecule has 0 aliphatic carbocycles. The van der Waals surface area contributed by atoms with Crippen molar-refractivity contribution in [2.45, 2.75) is 31.1 Å². The Morgan fingerprint density at radius 3 is 2.35 bits per heavy atom. The highest BCUT2D eigenvalue weighted by molar-refractivity contribution is 7.99. The monoisotopic (exact) mass is 252 g/mol. The third-order valence-electron chi connectivity index (χ3n) is 2.82. The van der Waals surface area contributed by atoms with E-state index < -0.39 is 0 Å². The Balaban J connectivity index is 2.63. The fourth-order valence-electron chi connectivity index (χ4n) is 1.77. The SMILES string of the molecule is CCSc1ccc(C(C)(C)CNCNC)cc1. The van der Waals surface area contributed by atoms with Crippen molar-refractivity contribution in [3.05, 3.63) is 29.8 Å². The van der Waals surface area contributed by atoms with Gasteiger partial charge in [0.15, 0.2) is 0 Å². The Morgan fingerprint density at radius 1 is 1.18 bits per heavy atom. The number of benzene rings is 1. The zero-order valence-corrected chi connectivity index (χ0v) is 12.2. The minimum absolute atomic E-state index is 0.173. The number of rotatable bonds is 7. The van der Waals surface area contributed by atoms with Crippen LogP contribution in [0.15, 0.2) is 29.2 Å². The van der Waals surface area contributed by atoms with Crippen LogP contribution in [-0.2, 0) is 5.41 Å². The molecule has 0 radical (unpaired) electrons. The van der Waals surface area contributed by atoms with Gasteiger partial charge in [-0.05, 0) is 30.5 Å². The molecule has 2 nitrogen and oxygen atoms in total. The molecule has 0 unspecified atom stereocenters. The second-order valence-electron chi connectivity index (χ2n) is 4.80. The van der Waals surface area contributed by atoms with Gasteiger partial charge < -0.3 is 10.6 Å². The molecule has 17 heavy (non-hydrogen) atoms. The van der Waals surface area contributed by atoms with E-state index in [9.17, 15) is 0 Å². The molecule has 0 saturated carbocycles. The molecule has 3 heteroatoms. The van der Waals surface area contributed by atoms with Gasteiger partial charge in [0.05, 0.1) is 0 Å². The van der Waals surface area contributed by atoms with Gasteiger partial charge in [0.2, 0.25) is 0 Å². The zero-order valence-electron chi connectivity index (χ0n) is 11.3. The number of nitrogens with one attached hydrogen (secondary N) is 2. The first-order chi connectivity index (χ1) is 8.10. The van der Waals surface area contributed by atoms with Crippen LogP contribution >= 0.6 is 11.8 Å². The van der Waals surface area contributed by atoms with E-state index >= 15 is 0 Å². The summed E-state index contributed by atoms with van der Waals surface area (Å²) in [5.41, 5.74) is 1.56. The van der Waals surface area contributed by atoms with Crippen molar-refractivity contribution in [1.29, 1.82) is 0 Å². The smallest absolute Gasteiger partial charge is 0.0452 e. The first kappa shape index (κ1) is 14.6. The lowest BCUT2D eigenvalue weighted by molar-refractivity contribution is 0.460. The largest absolute Gasteiger partial charge is 0.308 e. The van der Waals surface area contributed by atoms with E-state index in [1.54, 1.807) is 0 Å². The maximum atomic E-state index is 3.40. The van der Waals surface area contributed by atoms with E-state index in [0.29, 0.717) is 0 Å². The van der Waals surface area contributed by atoms with Crippen LogP contribution in [-0.4, -0.2) is 26.0 Å². The van der Waals surface area contributed by atoms with Crippen LogP contribution in [0.5, 0.6) is 0 Å². The van der Waals surface area contributed by atoms with Gasteiger partial charge in [-0.2, -0.15) is 0 Å². The van der Waals surface area contributed by atoms with Crippen molar-refractivity contribution < 1.29 is 0 Å². The Hall–Kier alpha value is -0.510. The zero-order chi connectivity index (χ0) is 12.7. The fraction of sp³-hybridized carbons (Fsp3) is 0.571. The molecule has 1 aromatic carbocycles. The molecular formula is C14H24N2S. The van der Waals surface area contributed by atoms with E-state index in [-0.39, 0.29) is 5.41 Å². The van der Waals surface area contributed by atoms with Crippen LogP contribution in [0.4, 0.5) is 0 Å². The van der Waals surface area contributed by atoms with E-state index in [1.165, 1.54) is 10.5 Å². The maximum absolute atomic E-state index is 3.40. The molecule has 2 N–H and O–H groups in total. The summed E-state index contributed by atoms with van der Waals surface area (Å²) in [6.07, 6.45) is 0. The summed E-state index contributed by atoms with van der Waals surface area (Å²) >= 11 is 1.89. The summed E-state index contributed by atoms with van der Waals surface area (Å²) in [5.74, 6) is 1.13. The van der Waals surface area contributed by atoms with E-state index in [2.05, 4.69) is 55.7 Å². The second-order valence-corrected chi connectivity index (χ2v) is 6.14. The molecule has 0 spiro atoms. The van der Waals surface area contributed by atoms with Crippen molar-refractivity contribution >= 4 is 11.8 Å². The predicted octanol–water partition coefficient (Wildman–Crippen LogP) is 2.84. The summed E-state index contributed by atoms with van der Waals surface area (Å²) < 4.78 is 0. The lowest BCUT2D eigenvalue weighted by Crippen LogP contribution is -2.37. The van der Waals surface area contributed by atoms with Gasteiger partial charge in [0.25, 0.3) is 0 Å². The van der Waals surface area contributed by atoms with Gasteiger partial charge in [-0.3, -0.25) is 0 Å². The van der Waals surface area contributed by atoms with Crippen LogP contribution in [0.25, 0.3) is 0 Å². The molecule has 0 heterocycles. The molecule has 0 saturated heterocycles. The Bertz CT molecular complexity index is 319. The van der Waals surface area contributed by atoms with Gasteiger partial charge in [-0.25, -0.2) is 0 Å². The van der Waals surface area contributed by atoms with Crippen LogP contribution < -0.4 is 10.6 Å². The van der Waals surface area contributed by atoms with Crippen molar-refractivity contribution in [2.75, 3.05) is 26.0 Å². The quantitative estimate of drug-likeness (QED) is 0.443. The van der Waals surface area contributed by atoms with Gasteiger partial charge >= 0.3 is 0 Å². The number of hydrogen-bond acceptors (Lipinski definition) is 3. The molecule has 1 aromatic rings. The minimum Gasteiger partial charge on any atom is -0.308 e. The van der Waals surface area contributed by atoms with Gasteiger partial charge in [-0.1, -0.05) is 32.9 Å². The molecular weight excluding hydrogens is 228 g/mol. The topological polar surface area (TPSA) is 24.1 Å². The van der Waals surface area contributed by atoms with Crippen molar-refractivity contribution in [3.63, 3.8) is 0 Å². The highest BCUT2D eigenvalue weighted by Gasteiger charge is 2.19. The molecule has 0 bridgehead atoms. The summed E-state index contributed by atoms with van der Waals surface area (Å²) in [5, 5.41) is 6.50. The summed E-state index contributed by atoms with van der Waals surface area (Å²) in [4.78, 5) is 1.36. The summed E-state index contributed by atoms with van der Waals surface area (Å²) in [6, 6.07) is 8.95. The standard InChI is InChI=1S/C14H24N2S/c1-5-17-13-8-6-12(7-9-13)14(2,3)10-16-11-15-4/h6-9,15-16H,5,10-11H2,1-4H3. The summed E-state index contributed by atoms with van der Waals surface area (Å²) in [7, 11) is 1.96. The average Bonchev–Trinajstić information content (AvgIpc) is 2.30. The van der Waals surface area contributed by atoms with Crippen LogP contribution in [0.2, 0.25) is 0 Å². The first-order valence-corrected chi connectivity index (χ1v) is 7.17. The van der Waals surface area contributed by atoms with Crippen LogP contribution in [0, 0.1) is 0 Å². The molecule has 1 rings (SSSR count). The molecule has 0 fully saturated rings. The highest BCUT2D eigenvalue weighted by atomic mass is 32.2. The Labute approximate surface area is 110 Å². The molecule has 96 valence electrons. The van der Waals surface area contributed by atoms with E-state index in [1.807, 2.05) is 18.8 Å². The molecule has 0 amide bonds. The Kier molecular flexibility index (Phi) is 6.03. The Morgan fingerprint density at radius 2 is 1.82 bits per heavy atom. The lowest BCUT2D eigenvalue weighted by atomic mass is 9.85. The van der Waals surface area contributed by atoms with Gasteiger partial charge in [0.1, 0.15) is 0 Å². The highest BCUT2D eigenvalue weighted by Crippen LogP contribution is 2.25. The van der Waals surface area contributed by atoms with E-state index in [4.69, 9.17) is 0 Å². The number of thioether (sulfide) groups is 1.